The first-order valence-electron chi connectivity index (χ1n) is 2.54. The topological polar surface area (TPSA) is 43.8 Å². The number of nitrogens with two attached hydrogens (primary N) is 1. The van der Waals surface area contributed by atoms with Crippen molar-refractivity contribution in [3.8, 4) is 12.0 Å². The maximum atomic E-state index is 4.96. The molecule has 0 bridgehead atoms. The fourth-order valence-electron chi connectivity index (χ4n) is 0.556. The minimum Gasteiger partial charge on any atom is -0.359 e. The second-order valence-electron chi connectivity index (χ2n) is 1.64. The Morgan fingerprint density at radius 2 is 2.56 bits per heavy atom. The number of rotatable bonds is 0. The van der Waals surface area contributed by atoms with Gasteiger partial charge in [-0.1, -0.05) is 0 Å². The molecular formula is C6H7N3. The predicted octanol–water partition coefficient (Wildman–Crippen LogP) is -0.312. The highest BCUT2D eigenvalue weighted by molar-refractivity contribution is 5.24. The second-order valence-corrected chi connectivity index (χ2v) is 1.64. The standard InChI is InChI=1S/C6H7N3/c1-9-5-3-6(8-9)2-4-7/h3,5H,7H2,1H3. The molecule has 1 rings (SSSR count). The van der Waals surface area contributed by atoms with Crippen molar-refractivity contribution >= 4 is 0 Å². The Kier molecular flexibility index (Phi) is 1.41. The zero-order chi connectivity index (χ0) is 6.69. The van der Waals surface area contributed by atoms with Gasteiger partial charge in [0.2, 0.25) is 0 Å². The molecule has 1 aromatic heterocycles. The molecule has 0 spiro atoms. The first-order chi connectivity index (χ1) is 4.33. The van der Waals surface area contributed by atoms with Crippen LogP contribution in [0.15, 0.2) is 12.3 Å². The van der Waals surface area contributed by atoms with Crippen molar-refractivity contribution in [3.05, 3.63) is 18.0 Å². The number of aromatic nitrogens is 2. The molecule has 3 nitrogen and oxygen atoms in total. The molecule has 1 aromatic rings. The van der Waals surface area contributed by atoms with Gasteiger partial charge in [-0.25, -0.2) is 0 Å². The van der Waals surface area contributed by atoms with Gasteiger partial charge in [-0.05, 0) is 12.0 Å². The summed E-state index contributed by atoms with van der Waals surface area (Å²) in [7, 11) is 1.84. The van der Waals surface area contributed by atoms with Crippen LogP contribution in [0.1, 0.15) is 5.69 Å². The van der Waals surface area contributed by atoms with Crippen LogP contribution in [0.25, 0.3) is 0 Å². The largest absolute Gasteiger partial charge is 0.359 e. The van der Waals surface area contributed by atoms with Crippen molar-refractivity contribution < 1.29 is 0 Å². The maximum Gasteiger partial charge on any atom is 0.137 e. The first-order valence-corrected chi connectivity index (χ1v) is 2.54. The molecule has 3 heteroatoms. The van der Waals surface area contributed by atoms with Crippen molar-refractivity contribution in [3.63, 3.8) is 0 Å². The lowest BCUT2D eigenvalue weighted by molar-refractivity contribution is 0.764. The summed E-state index contributed by atoms with van der Waals surface area (Å²) in [4.78, 5) is 0. The summed E-state index contributed by atoms with van der Waals surface area (Å²) >= 11 is 0. The van der Waals surface area contributed by atoms with Crippen LogP contribution in [-0.4, -0.2) is 9.78 Å². The van der Waals surface area contributed by atoms with E-state index in [1.165, 1.54) is 0 Å². The lowest BCUT2D eigenvalue weighted by atomic mass is 10.5. The highest BCUT2D eigenvalue weighted by Gasteiger charge is 1.86. The summed E-state index contributed by atoms with van der Waals surface area (Å²) in [6.45, 7) is 0. The van der Waals surface area contributed by atoms with Crippen LogP contribution >= 0.6 is 0 Å². The Labute approximate surface area is 53.5 Å². The van der Waals surface area contributed by atoms with Gasteiger partial charge in [0, 0.05) is 19.3 Å². The van der Waals surface area contributed by atoms with E-state index in [9.17, 15) is 0 Å². The molecule has 0 saturated carbocycles. The summed E-state index contributed by atoms with van der Waals surface area (Å²) in [6.07, 6.45) is 1.82. The normalized spacial score (nSPS) is 8.11. The SMILES string of the molecule is Cn1ccc(C#CN)n1. The molecule has 9 heavy (non-hydrogen) atoms. The fraction of sp³-hybridized carbons (Fsp3) is 0.167. The third kappa shape index (κ3) is 1.23. The van der Waals surface area contributed by atoms with Crippen molar-refractivity contribution in [1.29, 1.82) is 0 Å². The Bertz CT molecular complexity index is 251. The van der Waals surface area contributed by atoms with Crippen molar-refractivity contribution in [1.82, 2.24) is 9.78 Å². The maximum absolute atomic E-state index is 4.96. The van der Waals surface area contributed by atoms with E-state index < -0.39 is 0 Å². The van der Waals surface area contributed by atoms with E-state index in [1.807, 2.05) is 13.2 Å². The van der Waals surface area contributed by atoms with Crippen LogP contribution in [-0.2, 0) is 7.05 Å². The highest BCUT2D eigenvalue weighted by Crippen LogP contribution is 1.88. The average Bonchev–Trinajstić information content (AvgIpc) is 2.17. The van der Waals surface area contributed by atoms with Gasteiger partial charge in [0.05, 0.1) is 0 Å². The second kappa shape index (κ2) is 2.23. The summed E-state index contributed by atoms with van der Waals surface area (Å²) in [5, 5.41) is 3.96. The van der Waals surface area contributed by atoms with E-state index in [0.717, 1.165) is 0 Å². The molecule has 0 aliphatic heterocycles. The summed E-state index contributed by atoms with van der Waals surface area (Å²) in [5.74, 6) is 2.62. The Hall–Kier alpha value is -1.43. The van der Waals surface area contributed by atoms with Crippen LogP contribution in [0.5, 0.6) is 0 Å². The van der Waals surface area contributed by atoms with Crippen LogP contribution in [0.4, 0.5) is 0 Å². The minimum atomic E-state index is 0.708. The van der Waals surface area contributed by atoms with Gasteiger partial charge in [-0.2, -0.15) is 5.10 Å². The van der Waals surface area contributed by atoms with Crippen molar-refractivity contribution in [2.24, 2.45) is 12.8 Å². The lowest BCUT2D eigenvalue weighted by Crippen LogP contribution is -1.87. The highest BCUT2D eigenvalue weighted by atomic mass is 15.2. The summed E-state index contributed by atoms with van der Waals surface area (Å²) < 4.78 is 1.68. The van der Waals surface area contributed by atoms with Crippen LogP contribution < -0.4 is 5.73 Å². The van der Waals surface area contributed by atoms with Gasteiger partial charge < -0.3 is 5.73 Å². The Balaban J connectivity index is 2.93. The van der Waals surface area contributed by atoms with Crippen molar-refractivity contribution in [2.75, 3.05) is 0 Å². The smallest absolute Gasteiger partial charge is 0.137 e. The molecule has 0 radical (unpaired) electrons. The molecule has 0 fully saturated rings. The third-order valence-electron chi connectivity index (χ3n) is 0.914. The number of hydrogen-bond acceptors (Lipinski definition) is 2. The molecule has 0 atom stereocenters. The molecule has 0 unspecified atom stereocenters. The monoisotopic (exact) mass is 121 g/mol. The molecule has 0 aliphatic carbocycles. The van der Waals surface area contributed by atoms with E-state index in [2.05, 4.69) is 17.1 Å². The van der Waals surface area contributed by atoms with Gasteiger partial charge in [0.1, 0.15) is 5.69 Å². The molecule has 0 saturated heterocycles. The van der Waals surface area contributed by atoms with E-state index in [1.54, 1.807) is 10.7 Å². The lowest BCUT2D eigenvalue weighted by Gasteiger charge is -1.79. The van der Waals surface area contributed by atoms with Gasteiger partial charge in [0.15, 0.2) is 0 Å². The van der Waals surface area contributed by atoms with E-state index in [0.29, 0.717) is 5.69 Å². The Morgan fingerprint density at radius 3 is 3.00 bits per heavy atom. The van der Waals surface area contributed by atoms with Crippen LogP contribution in [0.3, 0.4) is 0 Å². The zero-order valence-corrected chi connectivity index (χ0v) is 5.13. The molecular weight excluding hydrogens is 114 g/mol. The van der Waals surface area contributed by atoms with E-state index >= 15 is 0 Å². The van der Waals surface area contributed by atoms with Crippen molar-refractivity contribution in [2.45, 2.75) is 0 Å². The van der Waals surface area contributed by atoms with Gasteiger partial charge in [-0.15, -0.1) is 0 Å². The molecule has 0 aromatic carbocycles. The summed E-state index contributed by atoms with van der Waals surface area (Å²) in [5.41, 5.74) is 5.67. The van der Waals surface area contributed by atoms with Crippen LogP contribution in [0, 0.1) is 12.0 Å². The van der Waals surface area contributed by atoms with Gasteiger partial charge in [0.25, 0.3) is 0 Å². The molecule has 46 valence electrons. The minimum absolute atomic E-state index is 0.708. The molecule has 1 heterocycles. The Morgan fingerprint density at radius 1 is 1.78 bits per heavy atom. The number of hydrogen-bond donors (Lipinski definition) is 1. The zero-order valence-electron chi connectivity index (χ0n) is 5.13. The fourth-order valence-corrected chi connectivity index (χ4v) is 0.556. The van der Waals surface area contributed by atoms with Gasteiger partial charge >= 0.3 is 0 Å². The number of aryl methyl sites for hydroxylation is 1. The average molecular weight is 121 g/mol. The third-order valence-corrected chi connectivity index (χ3v) is 0.914. The molecule has 0 amide bonds. The first kappa shape index (κ1) is 5.70. The quantitative estimate of drug-likeness (QED) is 0.378. The summed E-state index contributed by atoms with van der Waals surface area (Å²) in [6, 6.07) is 4.08. The predicted molar refractivity (Wildman–Crippen MR) is 34.3 cm³/mol. The van der Waals surface area contributed by atoms with E-state index in [4.69, 9.17) is 5.73 Å². The molecule has 0 aliphatic rings. The van der Waals surface area contributed by atoms with E-state index in [-0.39, 0.29) is 0 Å². The number of nitrogens with zero attached hydrogens (tertiary/aromatic N) is 2. The van der Waals surface area contributed by atoms with Crippen LogP contribution in [0.2, 0.25) is 0 Å². The van der Waals surface area contributed by atoms with Gasteiger partial charge in [-0.3, -0.25) is 4.68 Å². The molecule has 2 N–H and O–H groups in total.